The van der Waals surface area contributed by atoms with Gasteiger partial charge in [-0.3, -0.25) is 4.72 Å². The number of hydrogen-bond acceptors (Lipinski definition) is 6. The first kappa shape index (κ1) is 19.1. The van der Waals surface area contributed by atoms with Gasteiger partial charge in [-0.25, -0.2) is 8.78 Å². The van der Waals surface area contributed by atoms with Gasteiger partial charge in [0.15, 0.2) is 0 Å². The van der Waals surface area contributed by atoms with Crippen LogP contribution in [0.3, 0.4) is 0 Å². The van der Waals surface area contributed by atoms with Crippen LogP contribution >= 0.6 is 11.9 Å². The molecule has 1 fully saturated rings. The zero-order valence-corrected chi connectivity index (χ0v) is 15.8. The Bertz CT molecular complexity index is 717. The second kappa shape index (κ2) is 8.81. The van der Waals surface area contributed by atoms with Crippen molar-refractivity contribution in [1.82, 2.24) is 14.9 Å². The highest BCUT2D eigenvalue weighted by molar-refractivity contribution is 7.97. The Hall–Kier alpha value is -1.67. The van der Waals surface area contributed by atoms with Crippen molar-refractivity contribution in [2.24, 2.45) is 5.92 Å². The van der Waals surface area contributed by atoms with E-state index in [-0.39, 0.29) is 23.4 Å². The van der Waals surface area contributed by atoms with Crippen molar-refractivity contribution >= 4 is 18.0 Å². The third-order valence-corrected chi connectivity index (χ3v) is 5.27. The standard InChI is InChI=1S/C18H24F2N4OS/c1-11(2)26-21-10-12-3-6-14(7-4-12)22-18-23-17(24-25-18)15-8-5-13(19)9-16(15)20/h5,8-9,11-12,14,21H,3-4,6-7,10H2,1-2H3,(H,22,23,24). The zero-order valence-electron chi connectivity index (χ0n) is 15.0. The van der Waals surface area contributed by atoms with Crippen molar-refractivity contribution in [2.45, 2.75) is 50.8 Å². The molecule has 26 heavy (non-hydrogen) atoms. The molecule has 0 spiro atoms. The van der Waals surface area contributed by atoms with Gasteiger partial charge in [0.05, 0.1) is 5.56 Å². The number of nitrogens with one attached hydrogen (secondary N) is 2. The molecule has 1 aromatic heterocycles. The Kier molecular flexibility index (Phi) is 6.48. The van der Waals surface area contributed by atoms with Gasteiger partial charge in [-0.05, 0) is 43.7 Å². The van der Waals surface area contributed by atoms with Crippen LogP contribution < -0.4 is 10.0 Å². The van der Waals surface area contributed by atoms with Gasteiger partial charge in [0, 0.05) is 23.9 Å². The van der Waals surface area contributed by atoms with Crippen LogP contribution in [-0.4, -0.2) is 28.0 Å². The van der Waals surface area contributed by atoms with Gasteiger partial charge < -0.3 is 9.84 Å². The Labute approximate surface area is 156 Å². The highest BCUT2D eigenvalue weighted by Crippen LogP contribution is 2.27. The first-order valence-electron chi connectivity index (χ1n) is 8.95. The molecule has 0 radical (unpaired) electrons. The van der Waals surface area contributed by atoms with Gasteiger partial charge >= 0.3 is 6.01 Å². The number of anilines is 1. The van der Waals surface area contributed by atoms with E-state index in [9.17, 15) is 8.78 Å². The van der Waals surface area contributed by atoms with Gasteiger partial charge in [0.1, 0.15) is 11.6 Å². The zero-order chi connectivity index (χ0) is 18.5. The molecule has 0 unspecified atom stereocenters. The second-order valence-corrected chi connectivity index (χ2v) is 8.39. The van der Waals surface area contributed by atoms with E-state index in [2.05, 4.69) is 34.0 Å². The Morgan fingerprint density at radius 1 is 1.23 bits per heavy atom. The average Bonchev–Trinajstić information content (AvgIpc) is 3.04. The molecule has 1 aromatic carbocycles. The van der Waals surface area contributed by atoms with Crippen molar-refractivity contribution < 1.29 is 13.3 Å². The molecule has 3 rings (SSSR count). The fraction of sp³-hybridized carbons (Fsp3) is 0.556. The molecule has 0 amide bonds. The number of halogens is 2. The number of nitrogens with zero attached hydrogens (tertiary/aromatic N) is 2. The summed E-state index contributed by atoms with van der Waals surface area (Å²) < 4.78 is 35.4. The predicted octanol–water partition coefficient (Wildman–Crippen LogP) is 4.63. The number of benzene rings is 1. The maximum absolute atomic E-state index is 13.8. The third kappa shape index (κ3) is 5.17. The summed E-state index contributed by atoms with van der Waals surface area (Å²) in [5, 5.41) is 7.61. The van der Waals surface area contributed by atoms with Crippen LogP contribution in [0.1, 0.15) is 39.5 Å². The minimum absolute atomic E-state index is 0.119. The van der Waals surface area contributed by atoms with E-state index in [1.165, 1.54) is 12.1 Å². The molecule has 8 heteroatoms. The summed E-state index contributed by atoms with van der Waals surface area (Å²) in [6.45, 7) is 5.38. The van der Waals surface area contributed by atoms with Crippen molar-refractivity contribution in [3.63, 3.8) is 0 Å². The summed E-state index contributed by atoms with van der Waals surface area (Å²) in [5.74, 6) is -0.532. The van der Waals surface area contributed by atoms with Gasteiger partial charge in [0.25, 0.3) is 0 Å². The average molecular weight is 382 g/mol. The lowest BCUT2D eigenvalue weighted by atomic mass is 9.86. The van der Waals surface area contributed by atoms with E-state index in [0.717, 1.165) is 38.3 Å². The maximum atomic E-state index is 13.8. The molecular formula is C18H24F2N4OS. The van der Waals surface area contributed by atoms with Crippen molar-refractivity contribution in [1.29, 1.82) is 0 Å². The lowest BCUT2D eigenvalue weighted by molar-refractivity contribution is 0.332. The molecule has 1 aliphatic carbocycles. The fourth-order valence-electron chi connectivity index (χ4n) is 3.08. The van der Waals surface area contributed by atoms with E-state index in [4.69, 9.17) is 4.52 Å². The minimum atomic E-state index is -0.704. The monoisotopic (exact) mass is 382 g/mol. The quantitative estimate of drug-likeness (QED) is 0.681. The predicted molar refractivity (Wildman–Crippen MR) is 99.7 cm³/mol. The summed E-state index contributed by atoms with van der Waals surface area (Å²) in [4.78, 5) is 4.19. The molecular weight excluding hydrogens is 358 g/mol. The lowest BCUT2D eigenvalue weighted by Crippen LogP contribution is -2.30. The molecule has 0 bridgehead atoms. The van der Waals surface area contributed by atoms with E-state index in [1.807, 2.05) is 0 Å². The van der Waals surface area contributed by atoms with Crippen LogP contribution in [0.4, 0.5) is 14.8 Å². The smallest absolute Gasteiger partial charge is 0.322 e. The van der Waals surface area contributed by atoms with Crippen molar-refractivity contribution in [3.05, 3.63) is 29.8 Å². The molecule has 142 valence electrons. The summed E-state index contributed by atoms with van der Waals surface area (Å²) in [5.41, 5.74) is 0.126. The molecule has 1 aliphatic rings. The molecule has 2 aromatic rings. The number of hydrogen-bond donors (Lipinski definition) is 2. The lowest BCUT2D eigenvalue weighted by Gasteiger charge is -2.28. The van der Waals surface area contributed by atoms with Crippen LogP contribution in [0, 0.1) is 17.6 Å². The summed E-state index contributed by atoms with van der Waals surface area (Å²) in [7, 11) is 0. The van der Waals surface area contributed by atoms with E-state index < -0.39 is 11.6 Å². The van der Waals surface area contributed by atoms with Crippen LogP contribution in [0.2, 0.25) is 0 Å². The molecule has 0 atom stereocenters. The van der Waals surface area contributed by atoms with Gasteiger partial charge in [0.2, 0.25) is 5.82 Å². The first-order chi connectivity index (χ1) is 12.5. The third-order valence-electron chi connectivity index (χ3n) is 4.46. The second-order valence-electron chi connectivity index (χ2n) is 6.92. The van der Waals surface area contributed by atoms with Crippen LogP contribution in [-0.2, 0) is 0 Å². The normalized spacial score (nSPS) is 20.5. The summed E-state index contributed by atoms with van der Waals surface area (Å²) in [6.07, 6.45) is 4.33. The molecule has 0 aliphatic heterocycles. The minimum Gasteiger partial charge on any atom is -0.335 e. The van der Waals surface area contributed by atoms with Gasteiger partial charge in [-0.1, -0.05) is 31.0 Å². The topological polar surface area (TPSA) is 63.0 Å². The number of rotatable bonds is 7. The molecule has 1 heterocycles. The molecule has 1 saturated carbocycles. The largest absolute Gasteiger partial charge is 0.335 e. The van der Waals surface area contributed by atoms with E-state index in [1.54, 1.807) is 11.9 Å². The van der Waals surface area contributed by atoms with Crippen molar-refractivity contribution in [3.8, 4) is 11.4 Å². The summed E-state index contributed by atoms with van der Waals surface area (Å²) in [6, 6.07) is 3.85. The fourth-order valence-corrected chi connectivity index (χ4v) is 3.75. The van der Waals surface area contributed by atoms with Crippen molar-refractivity contribution in [2.75, 3.05) is 11.9 Å². The highest BCUT2D eigenvalue weighted by atomic mass is 32.2. The Morgan fingerprint density at radius 2 is 2.00 bits per heavy atom. The van der Waals surface area contributed by atoms with Crippen LogP contribution in [0.25, 0.3) is 11.4 Å². The molecule has 0 saturated heterocycles. The maximum Gasteiger partial charge on any atom is 0.322 e. The molecule has 5 nitrogen and oxygen atoms in total. The summed E-state index contributed by atoms with van der Waals surface area (Å²) >= 11 is 1.78. The van der Waals surface area contributed by atoms with E-state index in [0.29, 0.717) is 11.2 Å². The highest BCUT2D eigenvalue weighted by Gasteiger charge is 2.23. The number of aromatic nitrogens is 2. The SMILES string of the molecule is CC(C)SNCC1CCC(Nc2nc(-c3ccc(F)cc3F)no2)CC1. The Morgan fingerprint density at radius 3 is 2.69 bits per heavy atom. The first-order valence-corrected chi connectivity index (χ1v) is 9.83. The van der Waals surface area contributed by atoms with Crippen LogP contribution in [0.5, 0.6) is 0 Å². The van der Waals surface area contributed by atoms with Gasteiger partial charge in [-0.2, -0.15) is 4.98 Å². The van der Waals surface area contributed by atoms with Gasteiger partial charge in [-0.15, -0.1) is 0 Å². The molecule has 2 N–H and O–H groups in total. The van der Waals surface area contributed by atoms with E-state index >= 15 is 0 Å². The Balaban J connectivity index is 1.49. The van der Waals surface area contributed by atoms with Crippen LogP contribution in [0.15, 0.2) is 22.7 Å².